The lowest BCUT2D eigenvalue weighted by Gasteiger charge is -2.31. The molecule has 224 valence electrons. The molecule has 0 aliphatic carbocycles. The molecule has 8 heteroatoms. The normalized spacial score (nSPS) is 13.8. The van der Waals surface area contributed by atoms with E-state index in [9.17, 15) is 19.5 Å². The standard InChI is InChI=1S/C31H53NO7/c1-6-8-9-10-11-12-13-14-15-16-17-18-19-20-21-22-30(34)39-27(26-38-29(33)7-2)25-37-24-23-28(31(35)36)32(3,4)5/h8-9,11-12,14-15,27-28H,6-7,10,13,16-26H2,1-5H3/p+1/b9-8-,12-11-,15-14-. The summed E-state index contributed by atoms with van der Waals surface area (Å²) in [7, 11) is 5.45. The van der Waals surface area contributed by atoms with Crippen LogP contribution in [0, 0.1) is 0 Å². The molecule has 0 saturated carbocycles. The lowest BCUT2D eigenvalue weighted by Crippen LogP contribution is -2.50. The van der Waals surface area contributed by atoms with Gasteiger partial charge in [-0.1, -0.05) is 69.6 Å². The van der Waals surface area contributed by atoms with Gasteiger partial charge in [0, 0.05) is 19.3 Å². The first-order chi connectivity index (χ1) is 18.6. The maximum atomic E-state index is 12.3. The van der Waals surface area contributed by atoms with Crippen LogP contribution < -0.4 is 0 Å². The Balaban J connectivity index is 4.19. The van der Waals surface area contributed by atoms with Crippen LogP contribution in [0.1, 0.15) is 90.9 Å². The van der Waals surface area contributed by atoms with E-state index in [1.54, 1.807) is 6.92 Å². The van der Waals surface area contributed by atoms with Crippen molar-refractivity contribution in [3.05, 3.63) is 36.5 Å². The van der Waals surface area contributed by atoms with Gasteiger partial charge in [-0.3, -0.25) is 9.59 Å². The Hall–Kier alpha value is -2.45. The Kier molecular flexibility index (Phi) is 22.0. The fourth-order valence-electron chi connectivity index (χ4n) is 3.79. The Labute approximate surface area is 236 Å². The van der Waals surface area contributed by atoms with Crippen LogP contribution in [-0.4, -0.2) is 80.6 Å². The van der Waals surface area contributed by atoms with E-state index in [0.29, 0.717) is 12.8 Å². The fourth-order valence-corrected chi connectivity index (χ4v) is 3.79. The van der Waals surface area contributed by atoms with Crippen LogP contribution in [0.15, 0.2) is 36.5 Å². The molecule has 0 aliphatic rings. The highest BCUT2D eigenvalue weighted by atomic mass is 16.6. The molecule has 0 aromatic heterocycles. The second-order valence-electron chi connectivity index (χ2n) is 10.6. The van der Waals surface area contributed by atoms with Gasteiger partial charge in [0.05, 0.1) is 34.4 Å². The molecular weight excluding hydrogens is 498 g/mol. The molecule has 2 unspecified atom stereocenters. The monoisotopic (exact) mass is 552 g/mol. The number of esters is 2. The molecule has 0 bridgehead atoms. The van der Waals surface area contributed by atoms with Crippen molar-refractivity contribution in [3.63, 3.8) is 0 Å². The van der Waals surface area contributed by atoms with E-state index in [0.717, 1.165) is 57.8 Å². The number of ether oxygens (including phenoxy) is 3. The fraction of sp³-hybridized carbons (Fsp3) is 0.710. The number of quaternary nitrogens is 1. The minimum atomic E-state index is -0.888. The molecular formula is C31H54NO7+. The molecule has 0 amide bonds. The zero-order valence-corrected chi connectivity index (χ0v) is 25.1. The summed E-state index contributed by atoms with van der Waals surface area (Å²) in [6.45, 7) is 4.00. The van der Waals surface area contributed by atoms with Crippen LogP contribution >= 0.6 is 0 Å². The van der Waals surface area contributed by atoms with Gasteiger partial charge in [0.2, 0.25) is 0 Å². The lowest BCUT2D eigenvalue weighted by molar-refractivity contribution is -0.887. The summed E-state index contributed by atoms with van der Waals surface area (Å²) in [4.78, 5) is 35.4. The van der Waals surface area contributed by atoms with Gasteiger partial charge in [-0.2, -0.15) is 0 Å². The van der Waals surface area contributed by atoms with Crippen LogP contribution in [0.2, 0.25) is 0 Å². The molecule has 0 spiro atoms. The third-order valence-corrected chi connectivity index (χ3v) is 6.11. The van der Waals surface area contributed by atoms with Gasteiger partial charge in [0.15, 0.2) is 12.1 Å². The van der Waals surface area contributed by atoms with Crippen molar-refractivity contribution in [2.45, 2.75) is 103 Å². The van der Waals surface area contributed by atoms with Crippen molar-refractivity contribution >= 4 is 17.9 Å². The van der Waals surface area contributed by atoms with Crippen molar-refractivity contribution in [1.29, 1.82) is 0 Å². The zero-order chi connectivity index (χ0) is 29.4. The van der Waals surface area contributed by atoms with E-state index in [1.807, 2.05) is 21.1 Å². The van der Waals surface area contributed by atoms with Crippen LogP contribution in [0.4, 0.5) is 0 Å². The van der Waals surface area contributed by atoms with E-state index in [2.05, 4.69) is 43.4 Å². The smallest absolute Gasteiger partial charge is 0.362 e. The predicted octanol–water partition coefficient (Wildman–Crippen LogP) is 6.01. The predicted molar refractivity (Wildman–Crippen MR) is 155 cm³/mol. The third kappa shape index (κ3) is 22.1. The number of likely N-dealkylation sites (N-methyl/N-ethyl adjacent to an activating group) is 1. The second kappa shape index (κ2) is 23.4. The first kappa shape index (κ1) is 36.5. The molecule has 0 aromatic rings. The number of carbonyl (C=O) groups is 3. The van der Waals surface area contributed by atoms with Gasteiger partial charge < -0.3 is 23.8 Å². The molecule has 0 radical (unpaired) electrons. The number of nitrogens with zero attached hydrogens (tertiary/aromatic N) is 1. The van der Waals surface area contributed by atoms with Crippen molar-refractivity contribution in [2.24, 2.45) is 0 Å². The topological polar surface area (TPSA) is 99.1 Å². The van der Waals surface area contributed by atoms with Crippen molar-refractivity contribution in [2.75, 3.05) is 41.0 Å². The highest BCUT2D eigenvalue weighted by molar-refractivity contribution is 5.72. The summed E-state index contributed by atoms with van der Waals surface area (Å²) in [5.74, 6) is -1.60. The first-order valence-corrected chi connectivity index (χ1v) is 14.5. The lowest BCUT2D eigenvalue weighted by atomic mass is 10.1. The molecule has 1 N–H and O–H groups in total. The van der Waals surface area contributed by atoms with Gasteiger partial charge in [0.25, 0.3) is 0 Å². The Morgan fingerprint density at radius 2 is 1.41 bits per heavy atom. The number of allylic oxidation sites excluding steroid dienone is 6. The first-order valence-electron chi connectivity index (χ1n) is 14.5. The van der Waals surface area contributed by atoms with Gasteiger partial charge in [-0.05, 0) is 38.5 Å². The molecule has 0 aliphatic heterocycles. The molecule has 0 aromatic carbocycles. The van der Waals surface area contributed by atoms with E-state index in [-0.39, 0.29) is 42.7 Å². The van der Waals surface area contributed by atoms with Gasteiger partial charge >= 0.3 is 17.9 Å². The number of rotatable bonds is 24. The highest BCUT2D eigenvalue weighted by Crippen LogP contribution is 2.11. The maximum absolute atomic E-state index is 12.3. The number of carboxylic acids is 1. The molecule has 0 fully saturated rings. The minimum Gasteiger partial charge on any atom is -0.477 e. The SMILES string of the molecule is CC/C=C\C/C=C\C/C=C\CCCCCCCC(=O)OC(COCCC(C(=O)O)[N+](C)(C)C)COC(=O)CC. The molecule has 0 rings (SSSR count). The molecule has 39 heavy (non-hydrogen) atoms. The number of aliphatic carboxylic acids is 1. The van der Waals surface area contributed by atoms with Gasteiger partial charge in [-0.25, -0.2) is 4.79 Å². The Bertz CT molecular complexity index is 753. The largest absolute Gasteiger partial charge is 0.477 e. The molecule has 2 atom stereocenters. The van der Waals surface area contributed by atoms with Crippen LogP contribution in [0.3, 0.4) is 0 Å². The summed E-state index contributed by atoms with van der Waals surface area (Å²) in [6.07, 6.45) is 22.5. The van der Waals surface area contributed by atoms with Gasteiger partial charge in [0.1, 0.15) is 6.61 Å². The van der Waals surface area contributed by atoms with Crippen molar-refractivity contribution < 1.29 is 38.2 Å². The van der Waals surface area contributed by atoms with Crippen LogP contribution in [0.5, 0.6) is 0 Å². The van der Waals surface area contributed by atoms with E-state index in [4.69, 9.17) is 14.2 Å². The Morgan fingerprint density at radius 3 is 2.03 bits per heavy atom. The molecule has 0 saturated heterocycles. The molecule has 0 heterocycles. The van der Waals surface area contributed by atoms with Crippen molar-refractivity contribution in [1.82, 2.24) is 0 Å². The van der Waals surface area contributed by atoms with Crippen molar-refractivity contribution in [3.8, 4) is 0 Å². The number of hydrogen-bond donors (Lipinski definition) is 1. The van der Waals surface area contributed by atoms with Crippen LogP contribution in [0.25, 0.3) is 0 Å². The van der Waals surface area contributed by atoms with E-state index in [1.165, 1.54) is 0 Å². The van der Waals surface area contributed by atoms with E-state index < -0.39 is 18.1 Å². The number of carbonyl (C=O) groups excluding carboxylic acids is 2. The summed E-state index contributed by atoms with van der Waals surface area (Å²) in [6, 6.07) is -0.611. The average molecular weight is 553 g/mol. The highest BCUT2D eigenvalue weighted by Gasteiger charge is 2.31. The average Bonchev–Trinajstić information content (AvgIpc) is 2.87. The van der Waals surface area contributed by atoms with Gasteiger partial charge in [-0.15, -0.1) is 0 Å². The summed E-state index contributed by atoms with van der Waals surface area (Å²) in [5.41, 5.74) is 0. The van der Waals surface area contributed by atoms with Crippen LogP contribution in [-0.2, 0) is 28.6 Å². The number of carboxylic acid groups (broad SMARTS) is 1. The zero-order valence-electron chi connectivity index (χ0n) is 25.1. The Morgan fingerprint density at radius 1 is 0.795 bits per heavy atom. The second-order valence-corrected chi connectivity index (χ2v) is 10.6. The maximum Gasteiger partial charge on any atom is 0.362 e. The summed E-state index contributed by atoms with van der Waals surface area (Å²) < 4.78 is 16.5. The number of hydrogen-bond acceptors (Lipinski definition) is 6. The number of unbranched alkanes of at least 4 members (excludes halogenated alkanes) is 5. The quantitative estimate of drug-likeness (QED) is 0.0678. The third-order valence-electron chi connectivity index (χ3n) is 6.11. The molecule has 8 nitrogen and oxygen atoms in total. The summed E-state index contributed by atoms with van der Waals surface area (Å²) in [5, 5.41) is 9.43. The minimum absolute atomic E-state index is 0.0471. The summed E-state index contributed by atoms with van der Waals surface area (Å²) >= 11 is 0. The van der Waals surface area contributed by atoms with E-state index >= 15 is 0 Å².